The first-order chi connectivity index (χ1) is 8.90. The Labute approximate surface area is 109 Å². The van der Waals surface area contributed by atoms with Crippen LogP contribution in [0.4, 0.5) is 0 Å². The number of nitrogens with zero attached hydrogens (tertiary/aromatic N) is 1. The van der Waals surface area contributed by atoms with Gasteiger partial charge in [0.1, 0.15) is 5.75 Å². The van der Waals surface area contributed by atoms with E-state index in [1.54, 1.807) is 7.11 Å². The molecule has 1 aliphatic rings. The van der Waals surface area contributed by atoms with Crippen LogP contribution in [-0.4, -0.2) is 51.4 Å². The van der Waals surface area contributed by atoms with Gasteiger partial charge in [-0.3, -0.25) is 4.90 Å². The molecule has 4 nitrogen and oxygen atoms in total. The molecule has 0 aromatic heterocycles. The van der Waals surface area contributed by atoms with Crippen molar-refractivity contribution in [2.24, 2.45) is 0 Å². The molecule has 0 spiro atoms. The molecule has 1 aliphatic heterocycles. The Morgan fingerprint density at radius 3 is 2.83 bits per heavy atom. The molecule has 1 heterocycles. The number of hydrogen-bond donors (Lipinski definition) is 1. The molecule has 18 heavy (non-hydrogen) atoms. The number of nitrogens with one attached hydrogen (secondary N) is 1. The third kappa shape index (κ3) is 3.98. The number of para-hydroxylation sites is 1. The summed E-state index contributed by atoms with van der Waals surface area (Å²) in [5.74, 6) is 0.955. The van der Waals surface area contributed by atoms with Crippen LogP contribution in [0.15, 0.2) is 24.3 Å². The number of methoxy groups -OCH3 is 1. The monoisotopic (exact) mass is 250 g/mol. The second kappa shape index (κ2) is 7.36. The zero-order valence-corrected chi connectivity index (χ0v) is 11.0. The van der Waals surface area contributed by atoms with Gasteiger partial charge in [0.25, 0.3) is 0 Å². The minimum Gasteiger partial charge on any atom is -0.496 e. The van der Waals surface area contributed by atoms with Crippen molar-refractivity contribution in [3.05, 3.63) is 29.8 Å². The third-order valence-corrected chi connectivity index (χ3v) is 3.22. The second-order valence-electron chi connectivity index (χ2n) is 4.44. The van der Waals surface area contributed by atoms with E-state index in [2.05, 4.69) is 16.3 Å². The lowest BCUT2D eigenvalue weighted by molar-refractivity contribution is 0.0384. The smallest absolute Gasteiger partial charge is 0.123 e. The lowest BCUT2D eigenvalue weighted by atomic mass is 10.2. The molecule has 1 aromatic rings. The summed E-state index contributed by atoms with van der Waals surface area (Å²) in [5, 5.41) is 3.46. The molecule has 0 aliphatic carbocycles. The highest BCUT2D eigenvalue weighted by molar-refractivity contribution is 5.32. The van der Waals surface area contributed by atoms with Gasteiger partial charge < -0.3 is 14.8 Å². The third-order valence-electron chi connectivity index (χ3n) is 3.22. The average molecular weight is 250 g/mol. The van der Waals surface area contributed by atoms with Gasteiger partial charge in [-0.15, -0.1) is 0 Å². The fourth-order valence-electron chi connectivity index (χ4n) is 2.13. The van der Waals surface area contributed by atoms with E-state index in [0.29, 0.717) is 0 Å². The van der Waals surface area contributed by atoms with Crippen molar-refractivity contribution in [2.45, 2.75) is 6.54 Å². The molecule has 1 fully saturated rings. The number of benzene rings is 1. The normalized spacial score (nSPS) is 16.7. The molecule has 1 aromatic carbocycles. The van der Waals surface area contributed by atoms with Crippen LogP contribution in [0, 0.1) is 0 Å². The van der Waals surface area contributed by atoms with Crippen molar-refractivity contribution in [3.8, 4) is 5.75 Å². The van der Waals surface area contributed by atoms with E-state index in [1.165, 1.54) is 5.56 Å². The first-order valence-corrected chi connectivity index (χ1v) is 6.53. The fourth-order valence-corrected chi connectivity index (χ4v) is 2.13. The minimum absolute atomic E-state index is 0.856. The molecular weight excluding hydrogens is 228 g/mol. The van der Waals surface area contributed by atoms with Gasteiger partial charge in [0, 0.05) is 38.3 Å². The van der Waals surface area contributed by atoms with E-state index in [-0.39, 0.29) is 0 Å². The van der Waals surface area contributed by atoms with Crippen LogP contribution in [0.2, 0.25) is 0 Å². The van der Waals surface area contributed by atoms with Crippen LogP contribution in [0.5, 0.6) is 5.75 Å². The zero-order chi connectivity index (χ0) is 12.6. The van der Waals surface area contributed by atoms with E-state index in [9.17, 15) is 0 Å². The summed E-state index contributed by atoms with van der Waals surface area (Å²) in [7, 11) is 1.71. The number of ether oxygens (including phenoxy) is 2. The first-order valence-electron chi connectivity index (χ1n) is 6.53. The van der Waals surface area contributed by atoms with Gasteiger partial charge in [-0.2, -0.15) is 0 Å². The maximum atomic E-state index is 5.33. The Balaban J connectivity index is 1.68. The number of morpholine rings is 1. The molecule has 2 rings (SSSR count). The standard InChI is InChI=1S/C14H22N2O2/c1-17-14-5-3-2-4-13(14)12-15-6-7-16-8-10-18-11-9-16/h2-5,15H,6-12H2,1H3. The molecule has 0 amide bonds. The molecule has 1 saturated heterocycles. The van der Waals surface area contributed by atoms with Crippen molar-refractivity contribution >= 4 is 0 Å². The minimum atomic E-state index is 0.856. The SMILES string of the molecule is COc1ccccc1CNCCN1CCOCC1. The number of hydrogen-bond acceptors (Lipinski definition) is 4. The summed E-state index contributed by atoms with van der Waals surface area (Å²) >= 11 is 0. The molecular formula is C14H22N2O2. The Kier molecular flexibility index (Phi) is 5.45. The van der Waals surface area contributed by atoms with E-state index < -0.39 is 0 Å². The highest BCUT2D eigenvalue weighted by Crippen LogP contribution is 2.16. The van der Waals surface area contributed by atoms with Gasteiger partial charge in [-0.25, -0.2) is 0 Å². The van der Waals surface area contributed by atoms with Crippen molar-refractivity contribution in [2.75, 3.05) is 46.5 Å². The fraction of sp³-hybridized carbons (Fsp3) is 0.571. The lowest BCUT2D eigenvalue weighted by Crippen LogP contribution is -2.40. The van der Waals surface area contributed by atoms with Crippen LogP contribution in [0.3, 0.4) is 0 Å². The molecule has 0 atom stereocenters. The highest BCUT2D eigenvalue weighted by atomic mass is 16.5. The van der Waals surface area contributed by atoms with Crippen LogP contribution in [0.1, 0.15) is 5.56 Å². The molecule has 100 valence electrons. The van der Waals surface area contributed by atoms with Crippen molar-refractivity contribution in [3.63, 3.8) is 0 Å². The van der Waals surface area contributed by atoms with Gasteiger partial charge in [0.2, 0.25) is 0 Å². The summed E-state index contributed by atoms with van der Waals surface area (Å²) in [5.41, 5.74) is 1.21. The lowest BCUT2D eigenvalue weighted by Gasteiger charge is -2.26. The molecule has 0 unspecified atom stereocenters. The van der Waals surface area contributed by atoms with Gasteiger partial charge in [0.15, 0.2) is 0 Å². The average Bonchev–Trinajstić information content (AvgIpc) is 2.45. The molecule has 0 radical (unpaired) electrons. The van der Waals surface area contributed by atoms with Crippen molar-refractivity contribution in [1.29, 1.82) is 0 Å². The van der Waals surface area contributed by atoms with Crippen LogP contribution >= 0.6 is 0 Å². The Bertz CT molecular complexity index is 351. The van der Waals surface area contributed by atoms with E-state index in [4.69, 9.17) is 9.47 Å². The van der Waals surface area contributed by atoms with Crippen LogP contribution < -0.4 is 10.1 Å². The molecule has 1 N–H and O–H groups in total. The number of rotatable bonds is 6. The van der Waals surface area contributed by atoms with Crippen LogP contribution in [0.25, 0.3) is 0 Å². The highest BCUT2D eigenvalue weighted by Gasteiger charge is 2.09. The van der Waals surface area contributed by atoms with Gasteiger partial charge in [0.05, 0.1) is 20.3 Å². The van der Waals surface area contributed by atoms with E-state index in [1.807, 2.05) is 18.2 Å². The second-order valence-corrected chi connectivity index (χ2v) is 4.44. The van der Waals surface area contributed by atoms with E-state index >= 15 is 0 Å². The zero-order valence-electron chi connectivity index (χ0n) is 11.0. The maximum absolute atomic E-state index is 5.33. The van der Waals surface area contributed by atoms with Gasteiger partial charge >= 0.3 is 0 Å². The van der Waals surface area contributed by atoms with Crippen molar-refractivity contribution < 1.29 is 9.47 Å². The Morgan fingerprint density at radius 2 is 2.06 bits per heavy atom. The first kappa shape index (κ1) is 13.3. The summed E-state index contributed by atoms with van der Waals surface area (Å²) < 4.78 is 10.7. The largest absolute Gasteiger partial charge is 0.496 e. The Morgan fingerprint density at radius 1 is 1.28 bits per heavy atom. The van der Waals surface area contributed by atoms with Crippen molar-refractivity contribution in [1.82, 2.24) is 10.2 Å². The molecule has 4 heteroatoms. The van der Waals surface area contributed by atoms with Gasteiger partial charge in [-0.1, -0.05) is 18.2 Å². The predicted octanol–water partition coefficient (Wildman–Crippen LogP) is 1.12. The summed E-state index contributed by atoms with van der Waals surface area (Å²) in [6, 6.07) is 8.14. The summed E-state index contributed by atoms with van der Waals surface area (Å²) in [6.07, 6.45) is 0. The van der Waals surface area contributed by atoms with Crippen LogP contribution in [-0.2, 0) is 11.3 Å². The summed E-state index contributed by atoms with van der Waals surface area (Å²) in [6.45, 7) is 6.77. The maximum Gasteiger partial charge on any atom is 0.123 e. The summed E-state index contributed by atoms with van der Waals surface area (Å²) in [4.78, 5) is 2.43. The quantitative estimate of drug-likeness (QED) is 0.767. The topological polar surface area (TPSA) is 33.7 Å². The van der Waals surface area contributed by atoms with E-state index in [0.717, 1.165) is 51.7 Å². The molecule has 0 saturated carbocycles. The molecule has 0 bridgehead atoms. The Hall–Kier alpha value is -1.10. The predicted molar refractivity (Wildman–Crippen MR) is 72.0 cm³/mol. The van der Waals surface area contributed by atoms with Gasteiger partial charge in [-0.05, 0) is 6.07 Å².